The molecule has 0 bridgehead atoms. The maximum absolute atomic E-state index is 16.4. The van der Waals surface area contributed by atoms with Gasteiger partial charge in [0, 0.05) is 60.7 Å². The molecule has 5 heterocycles. The number of aliphatic carboxylic acids is 1. The maximum Gasteiger partial charge on any atom is 0.329 e. The zero-order valence-electron chi connectivity index (χ0n) is 39.8. The van der Waals surface area contributed by atoms with Gasteiger partial charge in [-0.1, -0.05) is 66.7 Å². The molecule has 3 saturated heterocycles. The summed E-state index contributed by atoms with van der Waals surface area (Å²) in [5, 5.41) is 22.8. The van der Waals surface area contributed by atoms with Crippen molar-refractivity contribution in [3.8, 4) is 0 Å². The van der Waals surface area contributed by atoms with Crippen LogP contribution in [-0.2, 0) is 47.7 Å². The summed E-state index contributed by atoms with van der Waals surface area (Å²) in [5.41, 5.74) is 0.660. The minimum absolute atomic E-state index is 0.00336. The fourth-order valence-corrected chi connectivity index (χ4v) is 14.1. The maximum atomic E-state index is 16.4. The fraction of sp³-hybridized carbons (Fsp3) is 0.528. The molecule has 1 unspecified atom stereocenters. The predicted molar refractivity (Wildman–Crippen MR) is 265 cm³/mol. The van der Waals surface area contributed by atoms with E-state index in [2.05, 4.69) is 21.3 Å². The van der Waals surface area contributed by atoms with Gasteiger partial charge in [0.05, 0.1) is 28.5 Å². The van der Waals surface area contributed by atoms with E-state index in [0.717, 1.165) is 24.8 Å². The van der Waals surface area contributed by atoms with E-state index in [9.17, 15) is 38.7 Å². The summed E-state index contributed by atoms with van der Waals surface area (Å²) < 4.78 is 19.4. The average Bonchev–Trinajstić information content (AvgIpc) is 3.90. The Kier molecular flexibility index (Phi) is 13.2. The van der Waals surface area contributed by atoms with Gasteiger partial charge in [-0.2, -0.15) is 0 Å². The van der Waals surface area contributed by atoms with Gasteiger partial charge in [0.1, 0.15) is 17.3 Å². The summed E-state index contributed by atoms with van der Waals surface area (Å²) >= 11 is 12.9. The van der Waals surface area contributed by atoms with Crippen LogP contribution in [0.25, 0.3) is 11.0 Å². The van der Waals surface area contributed by atoms with Gasteiger partial charge in [-0.15, -0.1) is 0 Å². The normalized spacial score (nSPS) is 26.9. The lowest BCUT2D eigenvalue weighted by molar-refractivity contribution is -0.143. The summed E-state index contributed by atoms with van der Waals surface area (Å²) in [5.74, 6) is -4.16. The Morgan fingerprint density at radius 2 is 1.62 bits per heavy atom. The van der Waals surface area contributed by atoms with Crippen molar-refractivity contribution >= 4 is 75.4 Å². The van der Waals surface area contributed by atoms with E-state index in [1.165, 1.54) is 15.2 Å². The van der Waals surface area contributed by atoms with Crippen molar-refractivity contribution < 1.29 is 38.3 Å². The molecule has 0 radical (unpaired) electrons. The summed E-state index contributed by atoms with van der Waals surface area (Å²) in [6.07, 6.45) is 9.59. The molecular weight excluding hydrogens is 953 g/mol. The number of imide groups is 1. The predicted octanol–water partition coefficient (Wildman–Crippen LogP) is 7.19. The minimum atomic E-state index is -1.34. The number of halogens is 3. The van der Waals surface area contributed by atoms with Crippen molar-refractivity contribution in [3.63, 3.8) is 0 Å². The van der Waals surface area contributed by atoms with Gasteiger partial charge in [-0.3, -0.25) is 48.5 Å². The Hall–Kier alpha value is -5.58. The van der Waals surface area contributed by atoms with Crippen molar-refractivity contribution in [2.24, 2.45) is 18.4 Å². The van der Waals surface area contributed by atoms with Gasteiger partial charge in [0.25, 0.3) is 0 Å². The lowest BCUT2D eigenvalue weighted by atomic mass is 9.55. The van der Waals surface area contributed by atoms with Crippen LogP contribution in [0, 0.1) is 17.2 Å². The summed E-state index contributed by atoms with van der Waals surface area (Å²) in [7, 11) is 1.66. The molecule has 2 spiro atoms. The number of fused-ring (bicyclic) bond motifs is 4. The third-order valence-electron chi connectivity index (χ3n) is 17.2. The fourth-order valence-electron chi connectivity index (χ4n) is 13.8. The number of carbonyl (C=O) groups is 6. The number of aryl methyl sites for hydroxylation is 2. The highest BCUT2D eigenvalue weighted by atomic mass is 35.5. The molecule has 10 rings (SSSR count). The summed E-state index contributed by atoms with van der Waals surface area (Å²) in [6.45, 7) is 0.901. The van der Waals surface area contributed by atoms with E-state index in [1.54, 1.807) is 31.3 Å². The molecule has 6 aliphatic rings. The lowest BCUT2D eigenvalue weighted by Crippen LogP contribution is -2.60. The molecule has 18 heteroatoms. The molecule has 5 fully saturated rings. The molecule has 15 nitrogen and oxygen atoms in total. The number of rotatable bonds is 11. The SMILES string of the molecule is Cn1c(=O)n(C2CCC(=O)NC2=O)c2ccc(CCCC3(CC(=O)O)CCN(C(=O)C4CCC(NC(=O)[C@@H]5NC6(CCCCC6)[C@@]6(C(=O)Nc7cc(Cl)ccc76)[C@H]5c5cccc(Cl)c5F)CC4)CC3)cc21. The molecule has 1 aromatic heterocycles. The van der Waals surface area contributed by atoms with Gasteiger partial charge in [0.15, 0.2) is 0 Å². The molecule has 2 aliphatic carbocycles. The number of piperidine rings is 2. The number of aromatic nitrogens is 2. The van der Waals surface area contributed by atoms with Crippen LogP contribution in [0.4, 0.5) is 10.1 Å². The van der Waals surface area contributed by atoms with E-state index < -0.39 is 52.1 Å². The molecule has 4 aliphatic heterocycles. The van der Waals surface area contributed by atoms with Gasteiger partial charge in [-0.05, 0) is 129 Å². The molecule has 5 N–H and O–H groups in total. The molecule has 2 saturated carbocycles. The first-order chi connectivity index (χ1) is 34.0. The van der Waals surface area contributed by atoms with Gasteiger partial charge >= 0.3 is 11.7 Å². The number of carboxylic acids is 1. The highest BCUT2D eigenvalue weighted by Crippen LogP contribution is 2.63. The first kappa shape index (κ1) is 49.0. The standard InChI is InChI=1S/C53H60Cl2FN7O8/c1-61-40-27-30(10-17-38(40)63(50(61)71)39-18-19-41(64)59-46(39)67)7-6-20-51(29-42(65)66)23-25-62(26-24-51)48(69)31-11-14-33(15-12-31)57-47(68)45-43(34-8-5-9-36(55)44(34)56)53(52(60-45)21-3-2-4-22-52)35-16-13-32(54)28-37(35)58-49(53)70/h5,8-10,13,16-17,27-28,31,33,39,43,45,60H,2-4,6-7,11-12,14-15,18-26,29H2,1H3,(H,57,68)(H,58,70)(H,65,66)(H,59,64,67)/t31?,33?,39?,43-,45+,53+/m0/s1. The van der Waals surface area contributed by atoms with Crippen LogP contribution in [0.1, 0.15) is 131 Å². The zero-order valence-corrected chi connectivity index (χ0v) is 41.3. The number of nitrogens with zero attached hydrogens (tertiary/aromatic N) is 3. The van der Waals surface area contributed by atoms with Crippen LogP contribution in [0.5, 0.6) is 0 Å². The van der Waals surface area contributed by atoms with E-state index >= 15 is 4.39 Å². The van der Waals surface area contributed by atoms with Gasteiger partial charge in [-0.25, -0.2) is 9.18 Å². The monoisotopic (exact) mass is 1010 g/mol. The topological polar surface area (TPSA) is 201 Å². The van der Waals surface area contributed by atoms with E-state index in [0.29, 0.717) is 111 Å². The molecule has 71 heavy (non-hydrogen) atoms. The first-order valence-electron chi connectivity index (χ1n) is 25.2. The quantitative estimate of drug-likeness (QED) is 0.0965. The van der Waals surface area contributed by atoms with Crippen LogP contribution >= 0.6 is 23.2 Å². The average molecular weight is 1010 g/mol. The smallest absolute Gasteiger partial charge is 0.329 e. The summed E-state index contributed by atoms with van der Waals surface area (Å²) in [4.78, 5) is 95.5. The highest BCUT2D eigenvalue weighted by Gasteiger charge is 2.72. The number of likely N-dealkylation sites (tertiary alicyclic amines) is 1. The lowest BCUT2D eigenvalue weighted by Gasteiger charge is -2.47. The first-order valence-corrected chi connectivity index (χ1v) is 26.0. The third kappa shape index (κ3) is 8.54. The van der Waals surface area contributed by atoms with Crippen molar-refractivity contribution in [2.45, 2.75) is 144 Å². The van der Waals surface area contributed by atoms with Crippen molar-refractivity contribution in [1.82, 2.24) is 30.0 Å². The minimum Gasteiger partial charge on any atom is -0.481 e. The second kappa shape index (κ2) is 19.1. The second-order valence-electron chi connectivity index (χ2n) is 21.1. The van der Waals surface area contributed by atoms with Gasteiger partial charge < -0.3 is 20.6 Å². The van der Waals surface area contributed by atoms with Crippen LogP contribution in [0.2, 0.25) is 10.0 Å². The third-order valence-corrected chi connectivity index (χ3v) is 17.8. The molecule has 3 aromatic carbocycles. The van der Waals surface area contributed by atoms with Crippen LogP contribution in [0.3, 0.4) is 0 Å². The largest absolute Gasteiger partial charge is 0.481 e. The molecule has 4 aromatic rings. The van der Waals surface area contributed by atoms with Crippen LogP contribution in [0.15, 0.2) is 59.4 Å². The molecular formula is C53H60Cl2FN7O8. The van der Waals surface area contributed by atoms with E-state index in [4.69, 9.17) is 23.2 Å². The zero-order chi connectivity index (χ0) is 50.0. The van der Waals surface area contributed by atoms with Crippen molar-refractivity contribution in [3.05, 3.63) is 97.6 Å². The van der Waals surface area contributed by atoms with E-state index in [-0.39, 0.29) is 71.1 Å². The number of amides is 5. The molecule has 4 atom stereocenters. The number of nitrogens with one attached hydrogen (secondary N) is 4. The number of carboxylic acid groups (broad SMARTS) is 1. The summed E-state index contributed by atoms with van der Waals surface area (Å²) in [6, 6.07) is 13.7. The van der Waals surface area contributed by atoms with Crippen molar-refractivity contribution in [2.75, 3.05) is 18.4 Å². The van der Waals surface area contributed by atoms with Crippen LogP contribution in [-0.4, -0.2) is 85.4 Å². The van der Waals surface area contributed by atoms with Crippen LogP contribution < -0.4 is 27.0 Å². The number of anilines is 1. The Bertz CT molecular complexity index is 2900. The second-order valence-corrected chi connectivity index (χ2v) is 22.0. The van der Waals surface area contributed by atoms with E-state index in [1.807, 2.05) is 29.2 Å². The number of carbonyl (C=O) groups excluding carboxylic acids is 5. The number of benzene rings is 3. The molecule has 5 amide bonds. The Balaban J connectivity index is 0.781. The van der Waals surface area contributed by atoms with Crippen molar-refractivity contribution in [1.29, 1.82) is 0 Å². The number of imidazole rings is 1. The highest BCUT2D eigenvalue weighted by molar-refractivity contribution is 6.31. The number of hydrogen-bond acceptors (Lipinski definition) is 8. The molecule has 376 valence electrons. The van der Waals surface area contributed by atoms with Gasteiger partial charge in [0.2, 0.25) is 29.5 Å². The number of hydrogen-bond donors (Lipinski definition) is 5. The Morgan fingerprint density at radius 1 is 0.873 bits per heavy atom. The Morgan fingerprint density at radius 3 is 2.34 bits per heavy atom. The Labute approximate surface area is 420 Å².